The second-order valence-corrected chi connectivity index (χ2v) is 19.3. The summed E-state index contributed by atoms with van der Waals surface area (Å²) in [5.41, 5.74) is -11.6. The first-order valence-corrected chi connectivity index (χ1v) is 21.3. The molecule has 12 atom stereocenters. The number of esters is 4. The van der Waals surface area contributed by atoms with Gasteiger partial charge in [0.2, 0.25) is 5.60 Å². The summed E-state index contributed by atoms with van der Waals surface area (Å²) in [6.45, 7) is 13.7. The lowest BCUT2D eigenvalue weighted by Crippen LogP contribution is -2.83. The summed E-state index contributed by atoms with van der Waals surface area (Å²) in [6.07, 6.45) is -12.8. The van der Waals surface area contributed by atoms with E-state index in [0.717, 1.165) is 20.8 Å². The Morgan fingerprint density at radius 1 is 0.877 bits per heavy atom. The van der Waals surface area contributed by atoms with E-state index in [4.69, 9.17) is 37.9 Å². The molecule has 0 radical (unpaired) electrons. The normalized spacial score (nSPS) is 33.5. The van der Waals surface area contributed by atoms with Crippen LogP contribution in [-0.4, -0.2) is 118 Å². The molecule has 2 aromatic rings. The Morgan fingerprint density at radius 2 is 1.49 bits per heavy atom. The highest BCUT2D eigenvalue weighted by Crippen LogP contribution is 2.67. The zero-order chi connectivity index (χ0) is 47.8. The first kappa shape index (κ1) is 47.1. The molecule has 65 heavy (non-hydrogen) atoms. The fraction of sp³-hybridized carbons (Fsp3) is 0.553. The molecule has 350 valence electrons. The second kappa shape index (κ2) is 16.2. The molecule has 2 saturated heterocycles. The molecule has 5 aliphatic rings. The number of rotatable bonds is 9. The summed E-state index contributed by atoms with van der Waals surface area (Å²) in [5, 5.41) is 27.1. The zero-order valence-electron chi connectivity index (χ0n) is 37.8. The number of aliphatic hydroxyl groups is 2. The summed E-state index contributed by atoms with van der Waals surface area (Å²) in [6, 6.07) is 14.2. The first-order valence-electron chi connectivity index (χ1n) is 21.3. The van der Waals surface area contributed by atoms with Crippen LogP contribution in [0.1, 0.15) is 97.6 Å². The van der Waals surface area contributed by atoms with Gasteiger partial charge in [-0.15, -0.1) is 0 Å². The number of nitrogens with one attached hydrogen (secondary N) is 1. The van der Waals surface area contributed by atoms with Gasteiger partial charge in [0.15, 0.2) is 41.4 Å². The highest BCUT2D eigenvalue weighted by atomic mass is 16.8. The number of Topliss-reactive ketones (excluding diaryl/α,β-unsaturated/α-hetero) is 1. The van der Waals surface area contributed by atoms with E-state index in [-0.39, 0.29) is 35.3 Å². The largest absolute Gasteiger partial charge is 0.509 e. The molecule has 2 saturated carbocycles. The summed E-state index contributed by atoms with van der Waals surface area (Å²) in [4.78, 5) is 98.6. The molecule has 4 fully saturated rings. The predicted molar refractivity (Wildman–Crippen MR) is 222 cm³/mol. The second-order valence-electron chi connectivity index (χ2n) is 19.3. The number of benzene rings is 2. The van der Waals surface area contributed by atoms with Crippen molar-refractivity contribution in [1.82, 2.24) is 5.32 Å². The highest BCUT2D eigenvalue weighted by molar-refractivity contribution is 5.96. The van der Waals surface area contributed by atoms with Crippen LogP contribution >= 0.6 is 0 Å². The summed E-state index contributed by atoms with van der Waals surface area (Å²) < 4.78 is 48.5. The number of carbonyl (C=O) groups excluding carboxylic acids is 7. The van der Waals surface area contributed by atoms with Crippen LogP contribution in [0.3, 0.4) is 0 Å². The number of fused-ring (bicyclic) bond motifs is 4. The molecule has 2 aliphatic heterocycles. The quantitative estimate of drug-likeness (QED) is 0.180. The third-order valence-corrected chi connectivity index (χ3v) is 13.7. The topological polar surface area (TPSA) is 246 Å². The Morgan fingerprint density at radius 3 is 2.05 bits per heavy atom. The van der Waals surface area contributed by atoms with E-state index in [2.05, 4.69) is 5.32 Å². The van der Waals surface area contributed by atoms with Gasteiger partial charge in [-0.25, -0.2) is 19.2 Å². The molecule has 0 aromatic heterocycles. The van der Waals surface area contributed by atoms with Crippen LogP contribution in [0.5, 0.6) is 0 Å². The number of hydrogen-bond donors (Lipinski definition) is 3. The molecule has 0 unspecified atom stereocenters. The van der Waals surface area contributed by atoms with E-state index in [9.17, 15) is 39.0 Å². The van der Waals surface area contributed by atoms with E-state index < -0.39 is 124 Å². The first-order chi connectivity index (χ1) is 30.2. The van der Waals surface area contributed by atoms with E-state index in [1.54, 1.807) is 69.3 Å². The van der Waals surface area contributed by atoms with Crippen molar-refractivity contribution < 1.29 is 81.7 Å². The van der Waals surface area contributed by atoms with E-state index in [1.807, 2.05) is 0 Å². The fourth-order valence-corrected chi connectivity index (χ4v) is 10.7. The maximum Gasteiger partial charge on any atom is 0.509 e. The Kier molecular flexibility index (Phi) is 11.8. The third-order valence-electron chi connectivity index (χ3n) is 13.7. The lowest BCUT2D eigenvalue weighted by atomic mass is 9.44. The molecular weight excluding hydrogens is 851 g/mol. The van der Waals surface area contributed by atoms with Crippen molar-refractivity contribution in [2.24, 2.45) is 16.7 Å². The number of carbonyl (C=O) groups is 7. The van der Waals surface area contributed by atoms with Crippen molar-refractivity contribution in [3.63, 3.8) is 0 Å². The van der Waals surface area contributed by atoms with Gasteiger partial charge in [0.05, 0.1) is 35.6 Å². The van der Waals surface area contributed by atoms with Crippen LogP contribution in [-0.2, 0) is 57.1 Å². The smallest absolute Gasteiger partial charge is 0.454 e. The SMILES string of the molecule is CC(=O)O[C@H]1C(=O)[C@@]2(C)[C@H]([C@H](OC(=O)c3ccccc3)[C@]34OC(=O)O[C@H]3[C@H](OC(=O)[C@](C)(O)[C@@H](NC(=O)OC(C)(C)C)c3ccccc3)C(C)=C1C4(C)C)[C@]1(OC(C)=O)CO[C@@H]1C[C@@H]2O. The van der Waals surface area contributed by atoms with Gasteiger partial charge in [-0.2, -0.15) is 0 Å². The van der Waals surface area contributed by atoms with Crippen molar-refractivity contribution in [3.8, 4) is 0 Å². The Bertz CT molecular complexity index is 2320. The number of amides is 1. The van der Waals surface area contributed by atoms with Crippen LogP contribution in [0, 0.1) is 16.7 Å². The number of alkyl carbamates (subject to hydrolysis) is 1. The molecule has 1 spiro atoms. The Hall–Kier alpha value is -5.85. The zero-order valence-corrected chi connectivity index (χ0v) is 37.8. The summed E-state index contributed by atoms with van der Waals surface area (Å²) >= 11 is 0. The van der Waals surface area contributed by atoms with E-state index >= 15 is 4.79 Å². The Balaban J connectivity index is 1.48. The lowest BCUT2D eigenvalue weighted by molar-refractivity contribution is -0.345. The minimum absolute atomic E-state index is 0.00840. The maximum atomic E-state index is 15.7. The van der Waals surface area contributed by atoms with Gasteiger partial charge >= 0.3 is 36.1 Å². The molecule has 2 bridgehead atoms. The standard InChI is InChI=1S/C47H55NO17/c1-23-30-32(59-24(2)49)35(52)44(9)28(51)21-29-46(22-58-29,63-25(3)50)33(44)37(61-38(53)27-19-15-12-16-20-27)47(43(30,7)8)36(62-41(56)65-47)31(23)60-39(54)45(10,57)34(26-17-13-11-14-18-26)48-40(55)64-42(4,5)6/h11-20,28-29,31-34,36-37,51,57H,21-22H2,1-10H3,(H,48,55)/t28-,29+,31+,32+,33-,34-,36-,37-,44+,45+,46-,47+/m0/s1. The van der Waals surface area contributed by atoms with Gasteiger partial charge in [0.25, 0.3) is 0 Å². The van der Waals surface area contributed by atoms with Gasteiger partial charge in [0.1, 0.15) is 11.7 Å². The number of ether oxygens (including phenoxy) is 8. The van der Waals surface area contributed by atoms with Gasteiger partial charge in [0, 0.05) is 25.7 Å². The van der Waals surface area contributed by atoms with E-state index in [1.165, 1.54) is 39.8 Å². The van der Waals surface area contributed by atoms with Gasteiger partial charge < -0.3 is 53.4 Å². The lowest BCUT2D eigenvalue weighted by Gasteiger charge is -2.67. The third kappa shape index (κ3) is 7.52. The van der Waals surface area contributed by atoms with Crippen molar-refractivity contribution in [1.29, 1.82) is 0 Å². The van der Waals surface area contributed by atoms with Gasteiger partial charge in [-0.05, 0) is 70.4 Å². The van der Waals surface area contributed by atoms with Crippen LogP contribution in [0.2, 0.25) is 0 Å². The maximum absolute atomic E-state index is 15.7. The molecule has 7 rings (SSSR count). The molecule has 3 aliphatic carbocycles. The van der Waals surface area contributed by atoms with Crippen molar-refractivity contribution in [3.05, 3.63) is 82.9 Å². The van der Waals surface area contributed by atoms with Crippen LogP contribution < -0.4 is 5.32 Å². The molecule has 2 heterocycles. The molecular formula is C47H55NO17. The predicted octanol–water partition coefficient (Wildman–Crippen LogP) is 4.37. The van der Waals surface area contributed by atoms with Gasteiger partial charge in [-0.3, -0.25) is 14.4 Å². The molecule has 3 N–H and O–H groups in total. The number of hydrogen-bond acceptors (Lipinski definition) is 17. The average Bonchev–Trinajstić information content (AvgIpc) is 3.58. The minimum Gasteiger partial charge on any atom is -0.454 e. The summed E-state index contributed by atoms with van der Waals surface area (Å²) in [7, 11) is 0. The number of ketones is 1. The average molecular weight is 906 g/mol. The van der Waals surface area contributed by atoms with E-state index in [0.29, 0.717) is 0 Å². The van der Waals surface area contributed by atoms with Crippen molar-refractivity contribution in [2.45, 2.75) is 141 Å². The minimum atomic E-state index is -2.64. The molecule has 2 aromatic carbocycles. The fourth-order valence-electron chi connectivity index (χ4n) is 10.7. The Labute approximate surface area is 375 Å². The number of aliphatic hydroxyl groups excluding tert-OH is 1. The van der Waals surface area contributed by atoms with Crippen molar-refractivity contribution >= 4 is 41.9 Å². The summed E-state index contributed by atoms with van der Waals surface area (Å²) in [5.74, 6) is -6.71. The van der Waals surface area contributed by atoms with Crippen molar-refractivity contribution in [2.75, 3.05) is 6.61 Å². The van der Waals surface area contributed by atoms with Gasteiger partial charge in [-0.1, -0.05) is 62.4 Å². The molecule has 18 nitrogen and oxygen atoms in total. The van der Waals surface area contributed by atoms with Crippen LogP contribution in [0.15, 0.2) is 71.8 Å². The monoisotopic (exact) mass is 905 g/mol. The molecule has 18 heteroatoms. The highest BCUT2D eigenvalue weighted by Gasteiger charge is 2.83. The van der Waals surface area contributed by atoms with Crippen LogP contribution in [0.4, 0.5) is 9.59 Å². The van der Waals surface area contributed by atoms with Crippen LogP contribution in [0.25, 0.3) is 0 Å². The molecule has 1 amide bonds.